The number of hydrogen-bond acceptors (Lipinski definition) is 4. The molecule has 0 saturated carbocycles. The first-order valence-electron chi connectivity index (χ1n) is 12.9. The molecule has 0 saturated heterocycles. The number of hydrogen-bond donors (Lipinski definition) is 2. The highest BCUT2D eigenvalue weighted by molar-refractivity contribution is 6.06. The first-order chi connectivity index (χ1) is 18.4. The first-order valence-corrected chi connectivity index (χ1v) is 12.9. The second-order valence-corrected chi connectivity index (χ2v) is 9.80. The molecule has 0 fully saturated rings. The highest BCUT2D eigenvalue weighted by Crippen LogP contribution is 2.45. The quantitative estimate of drug-likeness (QED) is 0.300. The number of amides is 2. The van der Waals surface area contributed by atoms with E-state index in [4.69, 9.17) is 9.47 Å². The maximum absolute atomic E-state index is 14.1. The molecule has 5 rings (SSSR count). The Bertz CT molecular complexity index is 1510. The molecular formula is C31H33N3O4. The van der Waals surface area contributed by atoms with Crippen molar-refractivity contribution in [3.8, 4) is 11.5 Å². The van der Waals surface area contributed by atoms with E-state index in [1.165, 1.54) is 0 Å². The lowest BCUT2D eigenvalue weighted by atomic mass is 9.91. The monoisotopic (exact) mass is 511 g/mol. The number of nitrogens with one attached hydrogen (secondary N) is 2. The minimum Gasteiger partial charge on any atom is -0.497 e. The van der Waals surface area contributed by atoms with Crippen LogP contribution in [0.4, 0.5) is 5.69 Å². The van der Waals surface area contributed by atoms with Crippen LogP contribution in [0.25, 0.3) is 10.9 Å². The molecule has 0 aliphatic carbocycles. The number of rotatable bonds is 8. The summed E-state index contributed by atoms with van der Waals surface area (Å²) in [5, 5.41) is 4.09. The van der Waals surface area contributed by atoms with Gasteiger partial charge < -0.3 is 24.7 Å². The average Bonchev–Trinajstić information content (AvgIpc) is 3.41. The molecule has 7 heteroatoms. The highest BCUT2D eigenvalue weighted by atomic mass is 16.5. The van der Waals surface area contributed by atoms with Crippen molar-refractivity contribution in [2.24, 2.45) is 5.92 Å². The van der Waals surface area contributed by atoms with Gasteiger partial charge >= 0.3 is 0 Å². The second-order valence-electron chi connectivity index (χ2n) is 9.80. The van der Waals surface area contributed by atoms with E-state index < -0.39 is 12.1 Å². The number of anilines is 1. The molecule has 196 valence electrons. The number of para-hydroxylation sites is 1. The predicted octanol–water partition coefficient (Wildman–Crippen LogP) is 6.09. The fraction of sp³-hybridized carbons (Fsp3) is 0.290. The molecule has 1 aliphatic heterocycles. The van der Waals surface area contributed by atoms with Crippen molar-refractivity contribution in [1.29, 1.82) is 0 Å². The number of methoxy groups -OCH3 is 2. The van der Waals surface area contributed by atoms with Crippen molar-refractivity contribution in [2.45, 2.75) is 39.3 Å². The summed E-state index contributed by atoms with van der Waals surface area (Å²) in [6.07, 6.45) is 0.715. The zero-order valence-electron chi connectivity index (χ0n) is 22.4. The van der Waals surface area contributed by atoms with Gasteiger partial charge in [-0.05, 0) is 42.7 Å². The van der Waals surface area contributed by atoms with Crippen LogP contribution in [-0.2, 0) is 4.79 Å². The van der Waals surface area contributed by atoms with Crippen LogP contribution in [0.2, 0.25) is 0 Å². The average molecular weight is 512 g/mol. The van der Waals surface area contributed by atoms with Gasteiger partial charge in [-0.1, -0.05) is 56.7 Å². The number of benzene rings is 3. The molecule has 3 aromatic carbocycles. The molecule has 2 amide bonds. The topological polar surface area (TPSA) is 83.7 Å². The smallest absolute Gasteiger partial charge is 0.255 e. The van der Waals surface area contributed by atoms with Gasteiger partial charge in [0.2, 0.25) is 5.91 Å². The zero-order valence-corrected chi connectivity index (χ0v) is 22.4. The molecule has 0 spiro atoms. The van der Waals surface area contributed by atoms with Gasteiger partial charge in [-0.2, -0.15) is 0 Å². The lowest BCUT2D eigenvalue weighted by Crippen LogP contribution is -2.50. The van der Waals surface area contributed by atoms with Crippen LogP contribution in [0.1, 0.15) is 53.5 Å². The third kappa shape index (κ3) is 4.18. The Labute approximate surface area is 222 Å². The summed E-state index contributed by atoms with van der Waals surface area (Å²) in [4.78, 5) is 33.5. The van der Waals surface area contributed by atoms with E-state index in [0.717, 1.165) is 27.7 Å². The van der Waals surface area contributed by atoms with Crippen molar-refractivity contribution in [3.05, 3.63) is 89.1 Å². The molecule has 3 atom stereocenters. The molecule has 2 N–H and O–H groups in total. The van der Waals surface area contributed by atoms with Crippen molar-refractivity contribution in [3.63, 3.8) is 0 Å². The summed E-state index contributed by atoms with van der Waals surface area (Å²) < 4.78 is 10.9. The summed E-state index contributed by atoms with van der Waals surface area (Å²) in [5.41, 5.74) is 5.02. The number of aromatic amines is 1. The van der Waals surface area contributed by atoms with Gasteiger partial charge in [0.25, 0.3) is 5.91 Å². The van der Waals surface area contributed by atoms with Gasteiger partial charge in [-0.25, -0.2) is 0 Å². The minimum atomic E-state index is -0.728. The summed E-state index contributed by atoms with van der Waals surface area (Å²) in [5.74, 6) is 0.584. The summed E-state index contributed by atoms with van der Waals surface area (Å²) in [6.45, 7) is 6.08. The van der Waals surface area contributed by atoms with Crippen LogP contribution in [0.5, 0.6) is 11.5 Å². The molecule has 3 unspecified atom stereocenters. The van der Waals surface area contributed by atoms with E-state index in [9.17, 15) is 9.59 Å². The van der Waals surface area contributed by atoms with Gasteiger partial charge in [0.15, 0.2) is 0 Å². The van der Waals surface area contributed by atoms with E-state index in [-0.39, 0.29) is 17.7 Å². The zero-order chi connectivity index (χ0) is 27.0. The van der Waals surface area contributed by atoms with Gasteiger partial charge in [0, 0.05) is 33.8 Å². The van der Waals surface area contributed by atoms with Gasteiger partial charge in [-0.3, -0.25) is 9.59 Å². The Morgan fingerprint density at radius 1 is 1.05 bits per heavy atom. The number of fused-ring (bicyclic) bond motifs is 2. The van der Waals surface area contributed by atoms with Crippen LogP contribution in [0.3, 0.4) is 0 Å². The Balaban J connectivity index is 1.65. The third-order valence-corrected chi connectivity index (χ3v) is 7.63. The highest BCUT2D eigenvalue weighted by Gasteiger charge is 2.46. The maximum Gasteiger partial charge on any atom is 0.255 e. The fourth-order valence-electron chi connectivity index (χ4n) is 5.57. The molecule has 1 aliphatic rings. The second kappa shape index (κ2) is 10.2. The number of aromatic nitrogens is 1. The molecule has 2 heterocycles. The van der Waals surface area contributed by atoms with Crippen molar-refractivity contribution in [2.75, 3.05) is 19.5 Å². The van der Waals surface area contributed by atoms with Crippen LogP contribution >= 0.6 is 0 Å². The first kappa shape index (κ1) is 25.4. The lowest BCUT2D eigenvalue weighted by molar-refractivity contribution is -0.122. The van der Waals surface area contributed by atoms with Gasteiger partial charge in [0.05, 0.1) is 25.9 Å². The maximum atomic E-state index is 14.1. The lowest BCUT2D eigenvalue weighted by Gasteiger charge is -2.36. The fourth-order valence-corrected chi connectivity index (χ4v) is 5.57. The number of H-pyrrole nitrogens is 1. The Morgan fingerprint density at radius 3 is 2.53 bits per heavy atom. The summed E-state index contributed by atoms with van der Waals surface area (Å²) in [6, 6.07) is 19.9. The molecule has 0 bridgehead atoms. The molecular weight excluding hydrogens is 478 g/mol. The van der Waals surface area contributed by atoms with Gasteiger partial charge in [0.1, 0.15) is 17.5 Å². The van der Waals surface area contributed by atoms with E-state index in [2.05, 4.69) is 16.4 Å². The Morgan fingerprint density at radius 2 is 1.79 bits per heavy atom. The van der Waals surface area contributed by atoms with Crippen LogP contribution < -0.4 is 14.8 Å². The summed E-state index contributed by atoms with van der Waals surface area (Å²) >= 11 is 0. The predicted molar refractivity (Wildman–Crippen MR) is 149 cm³/mol. The molecule has 4 aromatic rings. The number of ether oxygens (including phenoxy) is 2. The number of nitrogens with zero attached hydrogens (tertiary/aromatic N) is 1. The van der Waals surface area contributed by atoms with Gasteiger partial charge in [-0.15, -0.1) is 0 Å². The van der Waals surface area contributed by atoms with E-state index >= 15 is 0 Å². The Hall–Kier alpha value is -4.26. The number of aryl methyl sites for hydroxylation is 1. The third-order valence-electron chi connectivity index (χ3n) is 7.63. The van der Waals surface area contributed by atoms with Crippen LogP contribution in [0, 0.1) is 12.8 Å². The van der Waals surface area contributed by atoms with E-state index in [0.29, 0.717) is 29.2 Å². The molecule has 38 heavy (non-hydrogen) atoms. The SMILES string of the molecule is CCC(C)C(C(=O)Nc1cc(OC)ccc1OC)N1C(=O)c2ccccc2C1c1c(C)[nH]c2ccccc12. The normalized spacial score (nSPS) is 16.3. The van der Waals surface area contributed by atoms with Crippen LogP contribution in [0.15, 0.2) is 66.7 Å². The van der Waals surface area contributed by atoms with Crippen molar-refractivity contribution in [1.82, 2.24) is 9.88 Å². The molecule has 7 nitrogen and oxygen atoms in total. The number of carbonyl (C=O) groups excluding carboxylic acids is 2. The number of carbonyl (C=O) groups is 2. The molecule has 0 radical (unpaired) electrons. The standard InChI is InChI=1S/C31H33N3O4/c1-6-18(2)28(30(35)33-25-17-20(37-4)15-16-26(25)38-5)34-29(21-11-7-8-12-22(21)31(34)36)27-19(3)32-24-14-10-9-13-23(24)27/h7-18,28-29,32H,6H2,1-5H3,(H,33,35). The van der Waals surface area contributed by atoms with Crippen LogP contribution in [-0.4, -0.2) is 42.0 Å². The summed E-state index contributed by atoms with van der Waals surface area (Å²) in [7, 11) is 3.13. The van der Waals surface area contributed by atoms with E-state index in [1.54, 1.807) is 37.3 Å². The largest absolute Gasteiger partial charge is 0.497 e. The van der Waals surface area contributed by atoms with E-state index in [1.807, 2.05) is 63.2 Å². The molecule has 1 aromatic heterocycles. The Kier molecular flexibility index (Phi) is 6.85. The minimum absolute atomic E-state index is 0.113. The van der Waals surface area contributed by atoms with Crippen molar-refractivity contribution >= 4 is 28.4 Å². The van der Waals surface area contributed by atoms with Crippen molar-refractivity contribution < 1.29 is 19.1 Å².